The van der Waals surface area contributed by atoms with E-state index < -0.39 is 5.82 Å². The van der Waals surface area contributed by atoms with Gasteiger partial charge in [-0.3, -0.25) is 9.78 Å². The molecule has 0 saturated heterocycles. The molecule has 5 aromatic rings. The van der Waals surface area contributed by atoms with Gasteiger partial charge in [0.25, 0.3) is 0 Å². The fourth-order valence-corrected chi connectivity index (χ4v) is 4.45. The zero-order valence-corrected chi connectivity index (χ0v) is 21.0. The Bertz CT molecular complexity index is 1600. The van der Waals surface area contributed by atoms with Crippen LogP contribution in [-0.2, 0) is 13.0 Å². The Labute approximate surface area is 217 Å². The van der Waals surface area contributed by atoms with Crippen molar-refractivity contribution in [1.82, 2.24) is 20.1 Å². The summed E-state index contributed by atoms with van der Waals surface area (Å²) in [5.74, 6) is 0.648. The number of rotatable bonds is 8. The number of ketones is 1. The number of nitrogens with one attached hydrogen (secondary N) is 1. The molecule has 0 aliphatic carbocycles. The van der Waals surface area contributed by atoms with Gasteiger partial charge in [0.15, 0.2) is 11.6 Å². The highest BCUT2D eigenvalue weighted by atomic mass is 35.5. The number of benzene rings is 2. The highest BCUT2D eigenvalue weighted by Crippen LogP contribution is 2.32. The van der Waals surface area contributed by atoms with Crippen molar-refractivity contribution in [3.8, 4) is 11.1 Å². The Balaban J connectivity index is 1.50. The summed E-state index contributed by atoms with van der Waals surface area (Å²) in [4.78, 5) is 26.1. The second-order valence-electron chi connectivity index (χ2n) is 8.74. The fourth-order valence-electron chi connectivity index (χ4n) is 4.23. The van der Waals surface area contributed by atoms with E-state index in [0.717, 1.165) is 34.0 Å². The normalized spacial score (nSPS) is 11.1. The van der Waals surface area contributed by atoms with Crippen molar-refractivity contribution in [2.45, 2.75) is 33.2 Å². The lowest BCUT2D eigenvalue weighted by Gasteiger charge is -2.12. The first kappa shape index (κ1) is 24.5. The van der Waals surface area contributed by atoms with Gasteiger partial charge in [-0.25, -0.2) is 14.4 Å². The number of nitrogens with zero attached hydrogens (tertiary/aromatic N) is 4. The van der Waals surface area contributed by atoms with Crippen LogP contribution in [0, 0.1) is 19.7 Å². The van der Waals surface area contributed by atoms with Crippen molar-refractivity contribution in [2.24, 2.45) is 0 Å². The molecule has 186 valence electrons. The first-order valence-corrected chi connectivity index (χ1v) is 12.1. The number of halogens is 2. The van der Waals surface area contributed by atoms with Gasteiger partial charge in [-0.05, 0) is 67.3 Å². The zero-order valence-electron chi connectivity index (χ0n) is 20.3. The number of fused-ring (bicyclic) bond motifs is 1. The van der Waals surface area contributed by atoms with Crippen molar-refractivity contribution < 1.29 is 13.7 Å². The summed E-state index contributed by atoms with van der Waals surface area (Å²) in [6.45, 7) is 4.20. The van der Waals surface area contributed by atoms with Gasteiger partial charge in [0.1, 0.15) is 17.4 Å². The van der Waals surface area contributed by atoms with Crippen LogP contribution in [0.4, 0.5) is 10.2 Å². The van der Waals surface area contributed by atoms with Gasteiger partial charge >= 0.3 is 0 Å². The first-order valence-electron chi connectivity index (χ1n) is 11.7. The van der Waals surface area contributed by atoms with Crippen LogP contribution in [0.2, 0.25) is 5.02 Å². The number of hydrogen-bond acceptors (Lipinski definition) is 7. The summed E-state index contributed by atoms with van der Waals surface area (Å²) in [6.07, 6.45) is 3.14. The van der Waals surface area contributed by atoms with Gasteiger partial charge < -0.3 is 9.84 Å². The molecule has 0 spiro atoms. The Kier molecular flexibility index (Phi) is 6.92. The minimum Gasteiger partial charge on any atom is -0.365 e. The lowest BCUT2D eigenvalue weighted by Crippen LogP contribution is -2.11. The van der Waals surface area contributed by atoms with Gasteiger partial charge in [-0.2, -0.15) is 0 Å². The van der Waals surface area contributed by atoms with E-state index in [0.29, 0.717) is 40.6 Å². The van der Waals surface area contributed by atoms with E-state index in [2.05, 4.69) is 25.4 Å². The molecular formula is C28H23ClFN5O2. The number of carbonyl (C=O) groups is 1. The predicted octanol–water partition coefficient (Wildman–Crippen LogP) is 6.52. The molecule has 2 aromatic carbocycles. The molecule has 0 fully saturated rings. The lowest BCUT2D eigenvalue weighted by atomic mass is 10.0. The standard InChI is InChI=1S/C28H23ClFN5O2/c1-16-26(17(2)37-35-16)20-7-8-24-23(12-20)27(32-14-18-4-3-5-21(29)10-18)34-28(33-24)25(36)9-6-19-11-22(30)15-31-13-19/h3-5,7-8,10-13,15H,6,9,14H2,1-2H3,(H,32,33,34). The van der Waals surface area contributed by atoms with Crippen LogP contribution in [0.3, 0.4) is 0 Å². The van der Waals surface area contributed by atoms with Crippen LogP contribution in [0.25, 0.3) is 22.0 Å². The van der Waals surface area contributed by atoms with E-state index in [1.807, 2.05) is 56.3 Å². The Hall–Kier alpha value is -4.17. The van der Waals surface area contributed by atoms with E-state index in [1.165, 1.54) is 6.07 Å². The molecule has 3 aromatic heterocycles. The molecule has 5 rings (SSSR count). The lowest BCUT2D eigenvalue weighted by molar-refractivity contribution is 0.0973. The van der Waals surface area contributed by atoms with Gasteiger partial charge in [0.2, 0.25) is 0 Å². The van der Waals surface area contributed by atoms with Crippen molar-refractivity contribution in [3.05, 3.63) is 100 Å². The molecule has 0 bridgehead atoms. The van der Waals surface area contributed by atoms with E-state index in [-0.39, 0.29) is 18.0 Å². The molecule has 0 aliphatic heterocycles. The summed E-state index contributed by atoms with van der Waals surface area (Å²) in [7, 11) is 0. The Morgan fingerprint density at radius 3 is 2.68 bits per heavy atom. The molecular weight excluding hydrogens is 493 g/mol. The average Bonchev–Trinajstić information content (AvgIpc) is 3.23. The third-order valence-corrected chi connectivity index (χ3v) is 6.25. The topological polar surface area (TPSA) is 93.8 Å². The molecule has 0 amide bonds. The summed E-state index contributed by atoms with van der Waals surface area (Å²) >= 11 is 6.15. The molecule has 3 heterocycles. The maximum Gasteiger partial charge on any atom is 0.200 e. The number of pyridine rings is 1. The smallest absolute Gasteiger partial charge is 0.200 e. The molecule has 7 nitrogen and oxygen atoms in total. The van der Waals surface area contributed by atoms with Crippen LogP contribution in [0.5, 0.6) is 0 Å². The van der Waals surface area contributed by atoms with Gasteiger partial charge in [-0.15, -0.1) is 0 Å². The van der Waals surface area contributed by atoms with Crippen molar-refractivity contribution in [2.75, 3.05) is 5.32 Å². The monoisotopic (exact) mass is 515 g/mol. The maximum atomic E-state index is 13.5. The van der Waals surface area contributed by atoms with Gasteiger partial charge in [-0.1, -0.05) is 35.0 Å². The van der Waals surface area contributed by atoms with Crippen LogP contribution < -0.4 is 5.32 Å². The highest BCUT2D eigenvalue weighted by Gasteiger charge is 2.17. The Morgan fingerprint density at radius 1 is 1.05 bits per heavy atom. The van der Waals surface area contributed by atoms with E-state index in [9.17, 15) is 9.18 Å². The zero-order chi connectivity index (χ0) is 25.9. The van der Waals surface area contributed by atoms with Crippen LogP contribution in [0.15, 0.2) is 65.4 Å². The number of aryl methyl sites for hydroxylation is 3. The van der Waals surface area contributed by atoms with Crippen LogP contribution >= 0.6 is 11.6 Å². The quantitative estimate of drug-likeness (QED) is 0.235. The molecule has 9 heteroatoms. The summed E-state index contributed by atoms with van der Waals surface area (Å²) in [5.41, 5.74) is 4.83. The minimum absolute atomic E-state index is 0.0931. The van der Waals surface area contributed by atoms with Crippen molar-refractivity contribution in [3.63, 3.8) is 0 Å². The number of hydrogen-bond donors (Lipinski definition) is 1. The second-order valence-corrected chi connectivity index (χ2v) is 9.18. The van der Waals surface area contributed by atoms with Crippen LogP contribution in [-0.4, -0.2) is 25.9 Å². The molecule has 0 atom stereocenters. The van der Waals surface area contributed by atoms with E-state index in [4.69, 9.17) is 16.1 Å². The Morgan fingerprint density at radius 2 is 1.92 bits per heavy atom. The summed E-state index contributed by atoms with van der Waals surface area (Å²) < 4.78 is 18.8. The van der Waals surface area contributed by atoms with Crippen molar-refractivity contribution in [1.29, 1.82) is 0 Å². The third kappa shape index (κ3) is 5.49. The number of aromatic nitrogens is 4. The van der Waals surface area contributed by atoms with E-state index in [1.54, 1.807) is 6.20 Å². The largest absolute Gasteiger partial charge is 0.365 e. The minimum atomic E-state index is -0.437. The molecule has 0 radical (unpaired) electrons. The molecule has 37 heavy (non-hydrogen) atoms. The second kappa shape index (κ2) is 10.4. The molecule has 0 saturated carbocycles. The third-order valence-electron chi connectivity index (χ3n) is 6.02. The van der Waals surface area contributed by atoms with Crippen LogP contribution in [0.1, 0.15) is 39.6 Å². The number of carbonyl (C=O) groups excluding carboxylic acids is 1. The molecule has 0 aliphatic rings. The maximum absolute atomic E-state index is 13.5. The summed E-state index contributed by atoms with van der Waals surface area (Å²) in [6, 6.07) is 14.6. The average molecular weight is 516 g/mol. The molecule has 0 unspecified atom stereocenters. The SMILES string of the molecule is Cc1noc(C)c1-c1ccc2nc(C(=O)CCc3cncc(F)c3)nc(NCc3cccc(Cl)c3)c2c1. The summed E-state index contributed by atoms with van der Waals surface area (Å²) in [5, 5.41) is 8.80. The number of anilines is 1. The van der Waals surface area contributed by atoms with Crippen molar-refractivity contribution >= 4 is 34.1 Å². The van der Waals surface area contributed by atoms with Gasteiger partial charge in [0, 0.05) is 35.1 Å². The van der Waals surface area contributed by atoms with Gasteiger partial charge in [0.05, 0.1) is 17.4 Å². The molecule has 1 N–H and O–H groups in total. The highest BCUT2D eigenvalue weighted by molar-refractivity contribution is 6.30. The van der Waals surface area contributed by atoms with E-state index >= 15 is 0 Å². The predicted molar refractivity (Wildman–Crippen MR) is 140 cm³/mol. The number of Topliss-reactive ketones (excluding diaryl/α,β-unsaturated/α-hetero) is 1. The fraction of sp³-hybridized carbons (Fsp3) is 0.179. The first-order chi connectivity index (χ1) is 17.9.